The summed E-state index contributed by atoms with van der Waals surface area (Å²) in [6.45, 7) is 0. The Morgan fingerprint density at radius 1 is 1.62 bits per heavy atom. The van der Waals surface area contributed by atoms with Crippen LogP contribution in [0.25, 0.3) is 0 Å². The fourth-order valence-corrected chi connectivity index (χ4v) is 0.117. The van der Waals surface area contributed by atoms with E-state index < -0.39 is 5.91 Å². The maximum absolute atomic E-state index is 9.85. The molecule has 5 nitrogen and oxygen atoms in total. The van der Waals surface area contributed by atoms with E-state index in [-0.39, 0.29) is 6.29 Å². The number of hydrogen-bond donors (Lipinski definition) is 2. The predicted octanol–water partition coefficient (Wildman–Crippen LogP) is -2.13. The van der Waals surface area contributed by atoms with Gasteiger partial charge in [-0.3, -0.25) is 25.2 Å². The average molecular weight is 115 g/mol. The van der Waals surface area contributed by atoms with E-state index in [1.54, 1.807) is 10.9 Å². The third-order valence-electron chi connectivity index (χ3n) is 0.344. The van der Waals surface area contributed by atoms with Crippen molar-refractivity contribution in [3.63, 3.8) is 0 Å². The van der Waals surface area contributed by atoms with E-state index in [9.17, 15) is 14.4 Å². The summed E-state index contributed by atoms with van der Waals surface area (Å²) in [5, 5.41) is 0. The Hall–Kier alpha value is -1.39. The smallest absolute Gasteiger partial charge is 0.292 e. The van der Waals surface area contributed by atoms with Gasteiger partial charge in [-0.25, -0.2) is 0 Å². The molecule has 0 bridgehead atoms. The van der Waals surface area contributed by atoms with Crippen LogP contribution in [0.15, 0.2) is 0 Å². The third kappa shape index (κ3) is 2.83. The number of hydrazine groups is 1. The third-order valence-corrected chi connectivity index (χ3v) is 0.344. The van der Waals surface area contributed by atoms with Gasteiger partial charge < -0.3 is 0 Å². The van der Waals surface area contributed by atoms with E-state index >= 15 is 0 Å². The highest BCUT2D eigenvalue weighted by molar-refractivity contribution is 6.23. The van der Waals surface area contributed by atoms with Gasteiger partial charge in [-0.05, 0) is 0 Å². The molecule has 0 heterocycles. The lowest BCUT2D eigenvalue weighted by Crippen LogP contribution is -2.36. The molecule has 0 aliphatic rings. The zero-order chi connectivity index (χ0) is 6.41. The average Bonchev–Trinajstić information content (AvgIpc) is 1.83. The SMILES string of the molecule is O=[C]NNC(=O)C=O. The minimum absolute atomic E-state index is 0.0321. The maximum atomic E-state index is 9.85. The quantitative estimate of drug-likeness (QED) is 0.191. The molecule has 0 unspecified atom stereocenters. The molecule has 0 atom stereocenters. The van der Waals surface area contributed by atoms with Gasteiger partial charge in [0.05, 0.1) is 0 Å². The minimum atomic E-state index is -0.909. The van der Waals surface area contributed by atoms with Crippen molar-refractivity contribution >= 4 is 18.6 Å². The molecular formula is C3H3N2O3. The molecule has 0 spiro atoms. The molecule has 2 N–H and O–H groups in total. The molecule has 0 aliphatic heterocycles. The van der Waals surface area contributed by atoms with Crippen LogP contribution >= 0.6 is 0 Å². The monoisotopic (exact) mass is 115 g/mol. The normalized spacial score (nSPS) is 7.00. The number of rotatable bonds is 3. The Labute approximate surface area is 45.0 Å². The molecule has 5 heteroatoms. The summed E-state index contributed by atoms with van der Waals surface area (Å²) in [5.74, 6) is -0.909. The molecule has 0 saturated carbocycles. The number of amides is 2. The first-order valence-electron chi connectivity index (χ1n) is 1.68. The van der Waals surface area contributed by atoms with Crippen LogP contribution in [0, 0.1) is 0 Å². The fraction of sp³-hybridized carbons (Fsp3) is 0. The Morgan fingerprint density at radius 3 is 2.62 bits per heavy atom. The summed E-state index contributed by atoms with van der Waals surface area (Å²) in [5.41, 5.74) is 3.36. The largest absolute Gasteiger partial charge is 0.329 e. The van der Waals surface area contributed by atoms with E-state index in [4.69, 9.17) is 0 Å². The minimum Gasteiger partial charge on any atom is -0.292 e. The molecule has 1 radical (unpaired) electrons. The van der Waals surface area contributed by atoms with Crippen LogP contribution in [0.5, 0.6) is 0 Å². The van der Waals surface area contributed by atoms with Crippen molar-refractivity contribution in [3.05, 3.63) is 0 Å². The molecule has 0 aromatic rings. The molecule has 0 aromatic heterocycles. The second-order valence-electron chi connectivity index (χ2n) is 0.834. The summed E-state index contributed by atoms with van der Waals surface area (Å²) in [7, 11) is 0. The highest BCUT2D eigenvalue weighted by atomic mass is 16.2. The lowest BCUT2D eigenvalue weighted by molar-refractivity contribution is -0.131. The van der Waals surface area contributed by atoms with Gasteiger partial charge >= 0.3 is 12.3 Å². The van der Waals surface area contributed by atoms with Gasteiger partial charge in [-0.2, -0.15) is 0 Å². The van der Waals surface area contributed by atoms with Crippen molar-refractivity contribution in [2.75, 3.05) is 0 Å². The number of aldehydes is 1. The van der Waals surface area contributed by atoms with E-state index in [1.165, 1.54) is 0 Å². The number of carbonyl (C=O) groups excluding carboxylic acids is 3. The van der Waals surface area contributed by atoms with E-state index in [2.05, 4.69) is 0 Å². The van der Waals surface area contributed by atoms with Crippen LogP contribution in [0.1, 0.15) is 0 Å². The van der Waals surface area contributed by atoms with Crippen LogP contribution in [0.4, 0.5) is 0 Å². The second kappa shape index (κ2) is 3.79. The number of hydrogen-bond acceptors (Lipinski definition) is 3. The lowest BCUT2D eigenvalue weighted by atomic mass is 10.7. The molecule has 8 heavy (non-hydrogen) atoms. The first-order valence-corrected chi connectivity index (χ1v) is 1.68. The zero-order valence-electron chi connectivity index (χ0n) is 3.80. The first kappa shape index (κ1) is 6.61. The Kier molecular flexibility index (Phi) is 3.13. The van der Waals surface area contributed by atoms with Gasteiger partial charge in [0, 0.05) is 0 Å². The zero-order valence-corrected chi connectivity index (χ0v) is 3.80. The van der Waals surface area contributed by atoms with Crippen molar-refractivity contribution < 1.29 is 14.4 Å². The highest BCUT2D eigenvalue weighted by Crippen LogP contribution is 1.44. The summed E-state index contributed by atoms with van der Waals surface area (Å²) in [6.07, 6.45) is 1.17. The molecule has 0 aliphatic carbocycles. The molecule has 0 fully saturated rings. The van der Waals surface area contributed by atoms with Gasteiger partial charge in [-0.1, -0.05) is 0 Å². The summed E-state index contributed by atoms with van der Waals surface area (Å²) in [4.78, 5) is 28.5. The van der Waals surface area contributed by atoms with E-state index in [1.807, 2.05) is 0 Å². The molecule has 2 amide bonds. The first-order chi connectivity index (χ1) is 3.81. The van der Waals surface area contributed by atoms with Crippen molar-refractivity contribution in [1.29, 1.82) is 0 Å². The van der Waals surface area contributed by atoms with Gasteiger partial charge in [0.1, 0.15) is 0 Å². The predicted molar refractivity (Wildman–Crippen MR) is 23.0 cm³/mol. The van der Waals surface area contributed by atoms with Crippen LogP contribution in [-0.2, 0) is 14.4 Å². The van der Waals surface area contributed by atoms with Crippen LogP contribution in [0.3, 0.4) is 0 Å². The lowest BCUT2D eigenvalue weighted by Gasteiger charge is -1.90. The van der Waals surface area contributed by atoms with Gasteiger partial charge in [0.15, 0.2) is 0 Å². The van der Waals surface area contributed by atoms with Gasteiger partial charge in [-0.15, -0.1) is 0 Å². The van der Waals surface area contributed by atoms with E-state index in [0.717, 1.165) is 6.41 Å². The Bertz CT molecular complexity index is 111. The van der Waals surface area contributed by atoms with Crippen molar-refractivity contribution in [2.45, 2.75) is 0 Å². The molecular weight excluding hydrogens is 112 g/mol. The van der Waals surface area contributed by atoms with Crippen molar-refractivity contribution in [3.8, 4) is 0 Å². The topological polar surface area (TPSA) is 75.3 Å². The summed E-state index contributed by atoms with van der Waals surface area (Å²) >= 11 is 0. The van der Waals surface area contributed by atoms with Crippen LogP contribution in [-0.4, -0.2) is 18.6 Å². The number of nitrogens with one attached hydrogen (secondary N) is 2. The maximum Gasteiger partial charge on any atom is 0.329 e. The summed E-state index contributed by atoms with van der Waals surface area (Å²) < 4.78 is 0. The molecule has 0 aromatic carbocycles. The molecule has 0 saturated heterocycles. The van der Waals surface area contributed by atoms with E-state index in [0.29, 0.717) is 0 Å². The van der Waals surface area contributed by atoms with Crippen molar-refractivity contribution in [1.82, 2.24) is 10.9 Å². The van der Waals surface area contributed by atoms with Crippen molar-refractivity contribution in [2.24, 2.45) is 0 Å². The second-order valence-corrected chi connectivity index (χ2v) is 0.834. The fourth-order valence-electron chi connectivity index (χ4n) is 0.117. The standard InChI is InChI=1S/C3H3N2O3/c6-1-3(8)5-4-2-7/h1H,(H,4,7)(H,5,8). The van der Waals surface area contributed by atoms with Gasteiger partial charge in [0.2, 0.25) is 6.29 Å². The number of carbonyl (C=O) groups is 2. The van der Waals surface area contributed by atoms with Crippen LogP contribution < -0.4 is 10.9 Å². The molecule has 43 valence electrons. The Morgan fingerprint density at radius 2 is 2.25 bits per heavy atom. The molecule has 0 rings (SSSR count). The highest BCUT2D eigenvalue weighted by Gasteiger charge is 1.91. The summed E-state index contributed by atoms with van der Waals surface area (Å²) in [6, 6.07) is 0. The van der Waals surface area contributed by atoms with Crippen LogP contribution in [0.2, 0.25) is 0 Å². The van der Waals surface area contributed by atoms with Gasteiger partial charge in [0.25, 0.3) is 0 Å². The Balaban J connectivity index is 3.24.